The van der Waals surface area contributed by atoms with Gasteiger partial charge in [0.15, 0.2) is 0 Å². The van der Waals surface area contributed by atoms with E-state index in [9.17, 15) is 14.0 Å². The first-order chi connectivity index (χ1) is 7.06. The first-order valence-corrected chi connectivity index (χ1v) is 4.46. The average molecular weight is 232 g/mol. The number of carbonyl (C=O) groups is 2. The van der Waals surface area contributed by atoms with Crippen molar-refractivity contribution < 1.29 is 18.7 Å². The van der Waals surface area contributed by atoms with Gasteiger partial charge in [0, 0.05) is 0 Å². The minimum Gasteiger partial charge on any atom is -0.460 e. The van der Waals surface area contributed by atoms with Crippen LogP contribution in [0.2, 0.25) is 5.15 Å². The third kappa shape index (κ3) is 2.73. The number of nitrogens with zero attached hydrogens (tertiary/aromatic N) is 1. The Kier molecular flexibility index (Phi) is 3.74. The number of ketones is 1. The summed E-state index contributed by atoms with van der Waals surface area (Å²) in [5.41, 5.74) is -0.296. The summed E-state index contributed by atoms with van der Waals surface area (Å²) in [5, 5.41) is -0.227. The van der Waals surface area contributed by atoms with E-state index in [1.54, 1.807) is 6.92 Å². The van der Waals surface area contributed by atoms with Gasteiger partial charge in [0.1, 0.15) is 11.0 Å². The zero-order chi connectivity index (χ0) is 11.4. The van der Waals surface area contributed by atoms with Crippen LogP contribution in [0, 0.1) is 5.82 Å². The molecule has 0 amide bonds. The van der Waals surface area contributed by atoms with Crippen molar-refractivity contribution in [3.63, 3.8) is 0 Å². The first kappa shape index (κ1) is 11.6. The second kappa shape index (κ2) is 4.84. The van der Waals surface area contributed by atoms with Crippen LogP contribution in [-0.4, -0.2) is 23.3 Å². The minimum absolute atomic E-state index is 0.0605. The molecule has 1 aromatic rings. The number of ether oxygens (including phenoxy) is 1. The van der Waals surface area contributed by atoms with E-state index >= 15 is 0 Å². The molecule has 0 aromatic carbocycles. The van der Waals surface area contributed by atoms with Crippen LogP contribution in [0.4, 0.5) is 4.39 Å². The van der Waals surface area contributed by atoms with Crippen LogP contribution in [0.3, 0.4) is 0 Å². The maximum absolute atomic E-state index is 12.7. The quantitative estimate of drug-likeness (QED) is 0.343. The molecule has 1 heterocycles. The van der Waals surface area contributed by atoms with Crippen LogP contribution in [-0.2, 0) is 9.53 Å². The van der Waals surface area contributed by atoms with Crippen LogP contribution in [0.5, 0.6) is 0 Å². The summed E-state index contributed by atoms with van der Waals surface area (Å²) in [7, 11) is 0. The van der Waals surface area contributed by atoms with Crippen molar-refractivity contribution in [2.75, 3.05) is 6.61 Å². The molecule has 0 radical (unpaired) electrons. The van der Waals surface area contributed by atoms with Gasteiger partial charge in [0.2, 0.25) is 0 Å². The van der Waals surface area contributed by atoms with Crippen molar-refractivity contribution in [3.05, 3.63) is 28.8 Å². The Morgan fingerprint density at radius 1 is 1.60 bits per heavy atom. The van der Waals surface area contributed by atoms with Crippen LogP contribution in [0.15, 0.2) is 12.3 Å². The summed E-state index contributed by atoms with van der Waals surface area (Å²) in [6.07, 6.45) is 0.851. The lowest BCUT2D eigenvalue weighted by Gasteiger charge is -2.02. The number of halogens is 2. The predicted molar refractivity (Wildman–Crippen MR) is 50.2 cm³/mol. The van der Waals surface area contributed by atoms with Crippen molar-refractivity contribution in [2.45, 2.75) is 6.92 Å². The van der Waals surface area contributed by atoms with Crippen molar-refractivity contribution in [3.8, 4) is 0 Å². The maximum atomic E-state index is 12.7. The SMILES string of the molecule is CCOC(=O)C(=O)c1cc(F)cnc1Cl. The van der Waals surface area contributed by atoms with Crippen LogP contribution in [0.1, 0.15) is 17.3 Å². The molecule has 1 aromatic heterocycles. The van der Waals surface area contributed by atoms with Gasteiger partial charge in [-0.2, -0.15) is 0 Å². The molecule has 0 aliphatic heterocycles. The molecule has 80 valence electrons. The lowest BCUT2D eigenvalue weighted by molar-refractivity contribution is -0.137. The zero-order valence-corrected chi connectivity index (χ0v) is 8.55. The van der Waals surface area contributed by atoms with E-state index in [0.29, 0.717) is 0 Å². The van der Waals surface area contributed by atoms with Gasteiger partial charge in [-0.15, -0.1) is 0 Å². The van der Waals surface area contributed by atoms with Gasteiger partial charge >= 0.3 is 5.97 Å². The van der Waals surface area contributed by atoms with E-state index in [-0.39, 0.29) is 17.3 Å². The van der Waals surface area contributed by atoms with Gasteiger partial charge in [-0.3, -0.25) is 4.79 Å². The molecule has 0 aliphatic rings. The summed E-state index contributed by atoms with van der Waals surface area (Å²) in [5.74, 6) is -2.83. The van der Waals surface area contributed by atoms with Gasteiger partial charge in [0.05, 0.1) is 18.4 Å². The lowest BCUT2D eigenvalue weighted by Crippen LogP contribution is -2.18. The fraction of sp³-hybridized carbons (Fsp3) is 0.222. The summed E-state index contributed by atoms with van der Waals surface area (Å²) in [6, 6.07) is 0.842. The highest BCUT2D eigenvalue weighted by atomic mass is 35.5. The molecule has 15 heavy (non-hydrogen) atoms. The minimum atomic E-state index is -1.08. The fourth-order valence-electron chi connectivity index (χ4n) is 0.888. The van der Waals surface area contributed by atoms with Crippen molar-refractivity contribution >= 4 is 23.4 Å². The number of hydrogen-bond acceptors (Lipinski definition) is 4. The molecule has 0 fully saturated rings. The van der Waals surface area contributed by atoms with E-state index in [2.05, 4.69) is 9.72 Å². The number of carbonyl (C=O) groups excluding carboxylic acids is 2. The number of esters is 1. The topological polar surface area (TPSA) is 56.3 Å². The van der Waals surface area contributed by atoms with Crippen molar-refractivity contribution in [2.24, 2.45) is 0 Å². The molecular weight excluding hydrogens is 225 g/mol. The normalized spacial score (nSPS) is 9.80. The molecular formula is C9H7ClFNO3. The summed E-state index contributed by atoms with van der Waals surface area (Å²) >= 11 is 5.53. The lowest BCUT2D eigenvalue weighted by atomic mass is 10.2. The maximum Gasteiger partial charge on any atom is 0.379 e. The highest BCUT2D eigenvalue weighted by molar-refractivity contribution is 6.45. The van der Waals surface area contributed by atoms with Gasteiger partial charge in [-0.05, 0) is 13.0 Å². The standard InChI is InChI=1S/C9H7ClFNO3/c1-2-15-9(14)7(13)6-3-5(11)4-12-8(6)10/h3-4H,2H2,1H3. The summed E-state index contributed by atoms with van der Waals surface area (Å²) in [4.78, 5) is 25.8. The van der Waals surface area contributed by atoms with Crippen LogP contribution >= 0.6 is 11.6 Å². The Balaban J connectivity index is 3.00. The molecule has 0 aliphatic carbocycles. The van der Waals surface area contributed by atoms with Gasteiger partial charge < -0.3 is 4.74 Å². The Morgan fingerprint density at radius 3 is 2.87 bits per heavy atom. The highest BCUT2D eigenvalue weighted by Crippen LogP contribution is 2.14. The van der Waals surface area contributed by atoms with Crippen LogP contribution in [0.25, 0.3) is 0 Å². The smallest absolute Gasteiger partial charge is 0.379 e. The zero-order valence-electron chi connectivity index (χ0n) is 7.79. The van der Waals surface area contributed by atoms with E-state index in [1.165, 1.54) is 0 Å². The predicted octanol–water partition coefficient (Wildman–Crippen LogP) is 1.62. The Morgan fingerprint density at radius 2 is 2.27 bits per heavy atom. The molecule has 6 heteroatoms. The molecule has 0 saturated carbocycles. The molecule has 0 spiro atoms. The van der Waals surface area contributed by atoms with E-state index in [4.69, 9.17) is 11.6 Å². The molecule has 1 rings (SSSR count). The van der Waals surface area contributed by atoms with Gasteiger partial charge in [-0.1, -0.05) is 11.6 Å². The summed E-state index contributed by atoms with van der Waals surface area (Å²) < 4.78 is 17.2. The Labute approximate surface area is 90.0 Å². The Bertz CT molecular complexity index is 408. The molecule has 4 nitrogen and oxygen atoms in total. The monoisotopic (exact) mass is 231 g/mol. The van der Waals surface area contributed by atoms with Crippen molar-refractivity contribution in [1.82, 2.24) is 4.98 Å². The van der Waals surface area contributed by atoms with E-state index < -0.39 is 17.6 Å². The number of rotatable bonds is 3. The molecule has 0 atom stereocenters. The van der Waals surface area contributed by atoms with E-state index in [1.807, 2.05) is 0 Å². The number of aromatic nitrogens is 1. The van der Waals surface area contributed by atoms with Crippen LogP contribution < -0.4 is 0 Å². The van der Waals surface area contributed by atoms with Gasteiger partial charge in [-0.25, -0.2) is 14.2 Å². The number of pyridine rings is 1. The second-order valence-corrected chi connectivity index (χ2v) is 2.90. The van der Waals surface area contributed by atoms with Gasteiger partial charge in [0.25, 0.3) is 5.78 Å². The molecule has 0 bridgehead atoms. The second-order valence-electron chi connectivity index (χ2n) is 2.54. The van der Waals surface area contributed by atoms with Crippen molar-refractivity contribution in [1.29, 1.82) is 0 Å². The largest absolute Gasteiger partial charge is 0.460 e. The average Bonchev–Trinajstić information content (AvgIpc) is 2.21. The highest BCUT2D eigenvalue weighted by Gasteiger charge is 2.21. The number of Topliss-reactive ketones (excluding diaryl/α,β-unsaturated/α-hetero) is 1. The fourth-order valence-corrected chi connectivity index (χ4v) is 1.08. The Hall–Kier alpha value is -1.49. The summed E-state index contributed by atoms with van der Waals surface area (Å²) in [6.45, 7) is 1.61. The van der Waals surface area contributed by atoms with E-state index in [0.717, 1.165) is 12.3 Å². The third-order valence-corrected chi connectivity index (χ3v) is 1.81. The number of hydrogen-bond donors (Lipinski definition) is 0. The molecule has 0 unspecified atom stereocenters. The molecule has 0 N–H and O–H groups in total. The third-order valence-electron chi connectivity index (χ3n) is 1.51. The first-order valence-electron chi connectivity index (χ1n) is 4.08. The molecule has 0 saturated heterocycles.